The fraction of sp³-hybridized carbons (Fsp3) is 0.125. The van der Waals surface area contributed by atoms with Gasteiger partial charge in [0.15, 0.2) is 0 Å². The van der Waals surface area contributed by atoms with Gasteiger partial charge in [-0.1, -0.05) is 0 Å². The molecule has 3 aromatic rings. The third-order valence-corrected chi connectivity index (χ3v) is 3.60. The zero-order valence-corrected chi connectivity index (χ0v) is 12.5. The number of rotatable bonds is 5. The molecule has 0 fully saturated rings. The predicted octanol–water partition coefficient (Wildman–Crippen LogP) is 3.92. The molecule has 0 unspecified atom stereocenters. The highest BCUT2D eigenvalue weighted by Crippen LogP contribution is 2.27. The van der Waals surface area contributed by atoms with Crippen molar-refractivity contribution in [2.45, 2.75) is 5.75 Å². The molecular weight excluding hydrogens is 282 g/mol. The normalized spacial score (nSPS) is 10.5. The summed E-state index contributed by atoms with van der Waals surface area (Å²) in [5.74, 6) is 2.47. The highest BCUT2D eigenvalue weighted by Gasteiger charge is 2.07. The van der Waals surface area contributed by atoms with E-state index in [-0.39, 0.29) is 0 Å². The molecule has 2 aromatic heterocycles. The van der Waals surface area contributed by atoms with Crippen LogP contribution in [0.1, 0.15) is 5.56 Å². The Hall–Kier alpha value is -2.27. The van der Waals surface area contributed by atoms with E-state index in [1.807, 2.05) is 29.0 Å². The summed E-state index contributed by atoms with van der Waals surface area (Å²) in [7, 11) is 0. The lowest BCUT2D eigenvalue weighted by atomic mass is 10.2. The van der Waals surface area contributed by atoms with Gasteiger partial charge in [-0.2, -0.15) is 11.8 Å². The minimum atomic E-state index is 0.739. The van der Waals surface area contributed by atoms with Crippen molar-refractivity contribution in [3.8, 4) is 17.2 Å². The average molecular weight is 297 g/mol. The monoisotopic (exact) mass is 297 g/mol. The Bertz CT molecular complexity index is 699. The second-order valence-corrected chi connectivity index (χ2v) is 5.35. The summed E-state index contributed by atoms with van der Waals surface area (Å²) >= 11 is 1.78. The first-order chi connectivity index (χ1) is 10.4. The molecule has 0 aliphatic heterocycles. The molecule has 0 atom stereocenters. The first kappa shape index (κ1) is 13.7. The van der Waals surface area contributed by atoms with Gasteiger partial charge in [-0.05, 0) is 42.2 Å². The van der Waals surface area contributed by atoms with Gasteiger partial charge in [0.05, 0.1) is 18.2 Å². The lowest BCUT2D eigenvalue weighted by Crippen LogP contribution is -1.97. The summed E-state index contributed by atoms with van der Waals surface area (Å²) in [6.07, 6.45) is 11.1. The summed E-state index contributed by atoms with van der Waals surface area (Å²) in [4.78, 5) is 8.16. The van der Waals surface area contributed by atoms with Crippen LogP contribution in [0.5, 0.6) is 11.5 Å². The van der Waals surface area contributed by atoms with Crippen LogP contribution < -0.4 is 4.74 Å². The van der Waals surface area contributed by atoms with Gasteiger partial charge in [0.1, 0.15) is 11.5 Å². The Kier molecular flexibility index (Phi) is 4.21. The molecule has 0 aliphatic carbocycles. The van der Waals surface area contributed by atoms with Gasteiger partial charge in [-0.15, -0.1) is 0 Å². The molecule has 0 amide bonds. The maximum absolute atomic E-state index is 5.84. The van der Waals surface area contributed by atoms with Crippen LogP contribution in [0.2, 0.25) is 0 Å². The number of pyridine rings is 1. The smallest absolute Gasteiger partial charge is 0.145 e. The number of hydrogen-bond acceptors (Lipinski definition) is 4. The molecule has 21 heavy (non-hydrogen) atoms. The van der Waals surface area contributed by atoms with Crippen LogP contribution >= 0.6 is 11.8 Å². The highest BCUT2D eigenvalue weighted by molar-refractivity contribution is 7.97. The van der Waals surface area contributed by atoms with E-state index < -0.39 is 0 Å². The van der Waals surface area contributed by atoms with Gasteiger partial charge in [0.2, 0.25) is 0 Å². The Morgan fingerprint density at radius 1 is 1.14 bits per heavy atom. The van der Waals surface area contributed by atoms with E-state index in [2.05, 4.69) is 28.4 Å². The molecule has 106 valence electrons. The van der Waals surface area contributed by atoms with Crippen molar-refractivity contribution in [1.29, 1.82) is 0 Å². The third kappa shape index (κ3) is 3.25. The van der Waals surface area contributed by atoms with Crippen molar-refractivity contribution in [2.75, 3.05) is 6.26 Å². The minimum absolute atomic E-state index is 0.739. The van der Waals surface area contributed by atoms with Gasteiger partial charge in [0.25, 0.3) is 0 Å². The maximum Gasteiger partial charge on any atom is 0.145 e. The lowest BCUT2D eigenvalue weighted by molar-refractivity contribution is 0.479. The summed E-state index contributed by atoms with van der Waals surface area (Å²) in [5, 5.41) is 0. The summed E-state index contributed by atoms with van der Waals surface area (Å²) in [6.45, 7) is 0. The Morgan fingerprint density at radius 2 is 2.10 bits per heavy atom. The second-order valence-electron chi connectivity index (χ2n) is 4.48. The molecule has 0 saturated heterocycles. The highest BCUT2D eigenvalue weighted by atomic mass is 32.2. The number of hydrogen-bond donors (Lipinski definition) is 0. The number of thioether (sulfide) groups is 1. The second kappa shape index (κ2) is 6.45. The van der Waals surface area contributed by atoms with E-state index in [9.17, 15) is 0 Å². The number of benzene rings is 1. The first-order valence-electron chi connectivity index (χ1n) is 6.55. The Balaban J connectivity index is 1.92. The van der Waals surface area contributed by atoms with E-state index >= 15 is 0 Å². The molecule has 0 radical (unpaired) electrons. The quantitative estimate of drug-likeness (QED) is 0.715. The fourth-order valence-corrected chi connectivity index (χ4v) is 2.64. The molecule has 0 saturated carbocycles. The fourth-order valence-electron chi connectivity index (χ4n) is 2.09. The molecular formula is C16H15N3OS. The van der Waals surface area contributed by atoms with Crippen LogP contribution in [-0.4, -0.2) is 20.8 Å². The number of nitrogens with zero attached hydrogens (tertiary/aromatic N) is 3. The maximum atomic E-state index is 5.84. The van der Waals surface area contributed by atoms with Gasteiger partial charge in [0, 0.05) is 24.3 Å². The first-order valence-corrected chi connectivity index (χ1v) is 7.94. The number of aromatic nitrogens is 3. The van der Waals surface area contributed by atoms with Crippen LogP contribution in [-0.2, 0) is 5.75 Å². The van der Waals surface area contributed by atoms with Crippen LogP contribution in [0.3, 0.4) is 0 Å². The van der Waals surface area contributed by atoms with Crippen molar-refractivity contribution >= 4 is 11.8 Å². The van der Waals surface area contributed by atoms with Crippen molar-refractivity contribution in [1.82, 2.24) is 14.5 Å². The third-order valence-electron chi connectivity index (χ3n) is 3.00. The zero-order chi connectivity index (χ0) is 14.5. The topological polar surface area (TPSA) is 39.9 Å². The molecule has 0 bridgehead atoms. The van der Waals surface area contributed by atoms with Gasteiger partial charge >= 0.3 is 0 Å². The Labute approximate surface area is 127 Å². The van der Waals surface area contributed by atoms with E-state index in [1.54, 1.807) is 36.7 Å². The largest absolute Gasteiger partial charge is 0.456 e. The standard InChI is InChI=1S/C16H15N3OS/c1-21-11-13-9-14(20-15-3-2-6-17-10-15)4-5-16(13)19-8-7-18-12-19/h2-10,12H,11H2,1H3. The number of ether oxygens (including phenoxy) is 1. The van der Waals surface area contributed by atoms with E-state index in [4.69, 9.17) is 4.74 Å². The Morgan fingerprint density at radius 3 is 2.81 bits per heavy atom. The van der Waals surface area contributed by atoms with Crippen LogP contribution in [0.4, 0.5) is 0 Å². The van der Waals surface area contributed by atoms with Gasteiger partial charge < -0.3 is 9.30 Å². The van der Waals surface area contributed by atoms with Crippen molar-refractivity contribution in [3.63, 3.8) is 0 Å². The minimum Gasteiger partial charge on any atom is -0.456 e. The van der Waals surface area contributed by atoms with Crippen LogP contribution in [0, 0.1) is 0 Å². The molecule has 0 spiro atoms. The average Bonchev–Trinajstić information content (AvgIpc) is 3.03. The van der Waals surface area contributed by atoms with Gasteiger partial charge in [-0.3, -0.25) is 4.98 Å². The SMILES string of the molecule is CSCc1cc(Oc2cccnc2)ccc1-n1ccnc1. The molecule has 0 aliphatic rings. The van der Waals surface area contributed by atoms with Crippen molar-refractivity contribution in [2.24, 2.45) is 0 Å². The van der Waals surface area contributed by atoms with E-state index in [1.165, 1.54) is 5.56 Å². The predicted molar refractivity (Wildman–Crippen MR) is 85.1 cm³/mol. The van der Waals surface area contributed by atoms with Crippen LogP contribution in [0.15, 0.2) is 61.4 Å². The van der Waals surface area contributed by atoms with Crippen molar-refractivity contribution in [3.05, 3.63) is 67.0 Å². The zero-order valence-electron chi connectivity index (χ0n) is 11.6. The summed E-state index contributed by atoms with van der Waals surface area (Å²) in [5.41, 5.74) is 2.34. The lowest BCUT2D eigenvalue weighted by Gasteiger charge is -2.12. The van der Waals surface area contributed by atoms with E-state index in [0.717, 1.165) is 22.9 Å². The van der Waals surface area contributed by atoms with Crippen LogP contribution in [0.25, 0.3) is 5.69 Å². The summed E-state index contributed by atoms with van der Waals surface area (Å²) in [6, 6.07) is 9.84. The molecule has 4 nitrogen and oxygen atoms in total. The van der Waals surface area contributed by atoms with Crippen molar-refractivity contribution < 1.29 is 4.74 Å². The molecule has 5 heteroatoms. The molecule has 2 heterocycles. The van der Waals surface area contributed by atoms with E-state index in [0.29, 0.717) is 0 Å². The summed E-state index contributed by atoms with van der Waals surface area (Å²) < 4.78 is 7.85. The molecule has 1 aromatic carbocycles. The number of imidazole rings is 1. The molecule has 0 N–H and O–H groups in total. The van der Waals surface area contributed by atoms with Gasteiger partial charge in [-0.25, -0.2) is 4.98 Å². The molecule has 3 rings (SSSR count).